The molecule has 0 fully saturated rings. The van der Waals surface area contributed by atoms with Crippen molar-refractivity contribution in [3.63, 3.8) is 0 Å². The second-order valence-corrected chi connectivity index (χ2v) is 5.15. The van der Waals surface area contributed by atoms with E-state index in [4.69, 9.17) is 4.42 Å². The predicted molar refractivity (Wildman–Crippen MR) is 84.8 cm³/mol. The van der Waals surface area contributed by atoms with E-state index < -0.39 is 0 Å². The summed E-state index contributed by atoms with van der Waals surface area (Å²) in [5, 5.41) is 4.35. The maximum absolute atomic E-state index is 5.92. The molecule has 3 aromatic heterocycles. The number of aryl methyl sites for hydroxylation is 1. The van der Waals surface area contributed by atoms with Gasteiger partial charge in [-0.3, -0.25) is 0 Å². The molecular formula is C16H15ClN5O-. The molecule has 0 unspecified atom stereocenters. The van der Waals surface area contributed by atoms with E-state index in [9.17, 15) is 0 Å². The summed E-state index contributed by atoms with van der Waals surface area (Å²) in [5.41, 5.74) is 3.47. The van der Waals surface area contributed by atoms with Crippen molar-refractivity contribution >= 4 is 27.9 Å². The van der Waals surface area contributed by atoms with E-state index in [2.05, 4.69) is 25.3 Å². The first-order valence-corrected chi connectivity index (χ1v) is 7.18. The molecule has 0 aliphatic carbocycles. The van der Waals surface area contributed by atoms with Crippen LogP contribution < -0.4 is 17.7 Å². The van der Waals surface area contributed by atoms with Gasteiger partial charge in [0.05, 0.1) is 6.33 Å². The molecule has 0 radical (unpaired) electrons. The minimum atomic E-state index is 0. The number of imidazole rings is 1. The third kappa shape index (κ3) is 2.85. The van der Waals surface area contributed by atoms with Gasteiger partial charge in [0.2, 0.25) is 0 Å². The van der Waals surface area contributed by atoms with Gasteiger partial charge in [-0.1, -0.05) is 12.1 Å². The quantitative estimate of drug-likeness (QED) is 0.554. The molecule has 118 valence electrons. The highest BCUT2D eigenvalue weighted by atomic mass is 35.5. The zero-order chi connectivity index (χ0) is 14.9. The van der Waals surface area contributed by atoms with Crippen molar-refractivity contribution in [2.75, 3.05) is 11.9 Å². The molecule has 0 atom stereocenters. The number of aromatic amines is 1. The molecule has 23 heavy (non-hydrogen) atoms. The van der Waals surface area contributed by atoms with E-state index in [0.29, 0.717) is 5.58 Å². The summed E-state index contributed by atoms with van der Waals surface area (Å²) in [5.74, 6) is 1.46. The van der Waals surface area contributed by atoms with Crippen LogP contribution in [-0.2, 0) is 6.42 Å². The number of nitrogens with one attached hydrogen (secondary N) is 2. The van der Waals surface area contributed by atoms with Crippen molar-refractivity contribution in [3.05, 3.63) is 48.3 Å². The summed E-state index contributed by atoms with van der Waals surface area (Å²) in [6, 6.07) is 7.90. The van der Waals surface area contributed by atoms with Crippen LogP contribution in [0.15, 0.2) is 41.2 Å². The lowest BCUT2D eigenvalue weighted by Crippen LogP contribution is -3.00. The summed E-state index contributed by atoms with van der Waals surface area (Å²) in [6.07, 6.45) is 4.34. The highest BCUT2D eigenvalue weighted by Gasteiger charge is 2.14. The van der Waals surface area contributed by atoms with Gasteiger partial charge in [0.1, 0.15) is 16.9 Å². The standard InChI is InChI=1S/C16H15N5O.ClH/c1-10-20-14-12-4-2-3-5-13(12)22-15(14)16(21-10)18-7-6-11-8-17-9-19-11;/h2-5,8-9H,6-7H2,1H3,(H,17,19)(H,18,20,21);1H/p-1. The van der Waals surface area contributed by atoms with Crippen molar-refractivity contribution in [1.82, 2.24) is 19.9 Å². The Morgan fingerprint density at radius 2 is 2.09 bits per heavy atom. The average molecular weight is 329 g/mol. The number of hydrogen-bond donors (Lipinski definition) is 2. The number of fused-ring (bicyclic) bond motifs is 3. The minimum absolute atomic E-state index is 0. The molecular weight excluding hydrogens is 314 g/mol. The number of H-pyrrole nitrogens is 1. The Morgan fingerprint density at radius 1 is 1.22 bits per heavy atom. The Bertz CT molecular complexity index is 932. The zero-order valence-electron chi connectivity index (χ0n) is 12.5. The average Bonchev–Trinajstić information content (AvgIpc) is 3.15. The highest BCUT2D eigenvalue weighted by Crippen LogP contribution is 2.30. The molecule has 4 aromatic rings. The van der Waals surface area contributed by atoms with Crippen LogP contribution in [0.2, 0.25) is 0 Å². The second kappa shape index (κ2) is 6.26. The number of rotatable bonds is 4. The van der Waals surface area contributed by atoms with Gasteiger partial charge in [0.15, 0.2) is 11.4 Å². The number of hydrogen-bond acceptors (Lipinski definition) is 5. The van der Waals surface area contributed by atoms with Crippen LogP contribution in [-0.4, -0.2) is 26.5 Å². The first-order valence-electron chi connectivity index (χ1n) is 7.18. The van der Waals surface area contributed by atoms with Crippen molar-refractivity contribution in [3.8, 4) is 0 Å². The molecule has 0 saturated carbocycles. The van der Waals surface area contributed by atoms with Crippen molar-refractivity contribution in [2.24, 2.45) is 0 Å². The van der Waals surface area contributed by atoms with Crippen LogP contribution in [0.4, 0.5) is 5.82 Å². The Hall–Kier alpha value is -2.60. The molecule has 0 spiro atoms. The van der Waals surface area contributed by atoms with Crippen LogP contribution in [0.5, 0.6) is 0 Å². The first-order chi connectivity index (χ1) is 10.8. The molecule has 6 nitrogen and oxygen atoms in total. The monoisotopic (exact) mass is 328 g/mol. The van der Waals surface area contributed by atoms with E-state index in [1.807, 2.05) is 37.4 Å². The molecule has 2 N–H and O–H groups in total. The predicted octanol–water partition coefficient (Wildman–Crippen LogP) is 0.0661. The maximum Gasteiger partial charge on any atom is 0.196 e. The van der Waals surface area contributed by atoms with Gasteiger partial charge in [-0.05, 0) is 19.1 Å². The van der Waals surface area contributed by atoms with E-state index in [1.54, 1.807) is 6.33 Å². The second-order valence-electron chi connectivity index (χ2n) is 5.15. The zero-order valence-corrected chi connectivity index (χ0v) is 13.3. The fourth-order valence-electron chi connectivity index (χ4n) is 2.56. The molecule has 0 aliphatic rings. The molecule has 1 aromatic carbocycles. The normalized spacial score (nSPS) is 10.8. The Kier molecular flexibility index (Phi) is 4.16. The number of furan rings is 1. The Morgan fingerprint density at radius 3 is 2.91 bits per heavy atom. The molecule has 7 heteroatoms. The van der Waals surface area contributed by atoms with Crippen molar-refractivity contribution in [1.29, 1.82) is 0 Å². The smallest absolute Gasteiger partial charge is 0.196 e. The number of nitrogens with zero attached hydrogens (tertiary/aromatic N) is 3. The highest BCUT2D eigenvalue weighted by molar-refractivity contribution is 6.05. The van der Waals surface area contributed by atoms with Gasteiger partial charge >= 0.3 is 0 Å². The first kappa shape index (κ1) is 15.3. The van der Waals surface area contributed by atoms with Gasteiger partial charge in [0.25, 0.3) is 0 Å². The van der Waals surface area contributed by atoms with Gasteiger partial charge in [-0.25, -0.2) is 15.0 Å². The van der Waals surface area contributed by atoms with Crippen LogP contribution in [0.1, 0.15) is 11.5 Å². The summed E-state index contributed by atoms with van der Waals surface area (Å²) >= 11 is 0. The van der Waals surface area contributed by atoms with Gasteiger partial charge in [0, 0.05) is 30.2 Å². The molecule has 0 saturated heterocycles. The summed E-state index contributed by atoms with van der Waals surface area (Å²) < 4.78 is 5.92. The maximum atomic E-state index is 5.92. The third-order valence-electron chi connectivity index (χ3n) is 3.57. The van der Waals surface area contributed by atoms with Crippen LogP contribution in [0.25, 0.3) is 22.1 Å². The van der Waals surface area contributed by atoms with Gasteiger partial charge < -0.3 is 27.1 Å². The number of benzene rings is 1. The molecule has 0 aliphatic heterocycles. The Labute approximate surface area is 138 Å². The van der Waals surface area contributed by atoms with Gasteiger partial charge in [-0.15, -0.1) is 0 Å². The number of para-hydroxylation sites is 1. The van der Waals surface area contributed by atoms with E-state index in [-0.39, 0.29) is 12.4 Å². The fraction of sp³-hybridized carbons (Fsp3) is 0.188. The SMILES string of the molecule is Cc1nc(NCCc2cnc[nH]2)c2oc3ccccc3c2n1.[Cl-]. The number of aromatic nitrogens is 4. The van der Waals surface area contributed by atoms with Crippen LogP contribution >= 0.6 is 0 Å². The lowest BCUT2D eigenvalue weighted by Gasteiger charge is -2.05. The minimum Gasteiger partial charge on any atom is -1.00 e. The summed E-state index contributed by atoms with van der Waals surface area (Å²) in [4.78, 5) is 16.1. The molecule has 0 amide bonds. The largest absolute Gasteiger partial charge is 1.00 e. The number of anilines is 1. The summed E-state index contributed by atoms with van der Waals surface area (Å²) in [7, 11) is 0. The van der Waals surface area contributed by atoms with Crippen molar-refractivity contribution in [2.45, 2.75) is 13.3 Å². The molecule has 3 heterocycles. The van der Waals surface area contributed by atoms with Crippen LogP contribution in [0.3, 0.4) is 0 Å². The van der Waals surface area contributed by atoms with E-state index in [1.165, 1.54) is 0 Å². The third-order valence-corrected chi connectivity index (χ3v) is 3.57. The topological polar surface area (TPSA) is 79.6 Å². The fourth-order valence-corrected chi connectivity index (χ4v) is 2.56. The van der Waals surface area contributed by atoms with E-state index >= 15 is 0 Å². The number of halogens is 1. The Balaban J connectivity index is 0.00000156. The van der Waals surface area contributed by atoms with Crippen molar-refractivity contribution < 1.29 is 16.8 Å². The molecule has 0 bridgehead atoms. The van der Waals surface area contributed by atoms with E-state index in [0.717, 1.165) is 46.8 Å². The van der Waals surface area contributed by atoms with Gasteiger partial charge in [-0.2, -0.15) is 0 Å². The lowest BCUT2D eigenvalue weighted by molar-refractivity contribution is -0.00000521. The lowest BCUT2D eigenvalue weighted by atomic mass is 10.2. The van der Waals surface area contributed by atoms with Crippen LogP contribution in [0, 0.1) is 6.92 Å². The summed E-state index contributed by atoms with van der Waals surface area (Å²) in [6.45, 7) is 2.63. The molecule has 4 rings (SSSR count).